The van der Waals surface area contributed by atoms with Crippen LogP contribution >= 0.6 is 0 Å². The van der Waals surface area contributed by atoms with E-state index in [0.717, 1.165) is 12.8 Å². The number of carboxylic acids is 1. The van der Waals surface area contributed by atoms with Crippen LogP contribution < -0.4 is 11.1 Å². The first-order valence-electron chi connectivity index (χ1n) is 5.93. The summed E-state index contributed by atoms with van der Waals surface area (Å²) in [6.07, 6.45) is 3.31. The molecular formula is C12H17N3O3. The number of nitrogen functional groups attached to an aromatic ring is 1. The number of carboxylic acid groups (broad SMARTS) is 1. The number of pyridine rings is 1. The molecule has 1 aromatic rings. The van der Waals surface area contributed by atoms with Crippen LogP contribution in [0.2, 0.25) is 0 Å². The second-order valence-electron chi connectivity index (χ2n) is 4.51. The molecule has 0 radical (unpaired) electrons. The number of nitrogens with two attached hydrogens (primary N) is 1. The van der Waals surface area contributed by atoms with Gasteiger partial charge in [0, 0.05) is 18.8 Å². The number of hydrogen-bond donors (Lipinski definition) is 3. The Bertz CT molecular complexity index is 450. The average Bonchev–Trinajstić information content (AvgIpc) is 2.31. The van der Waals surface area contributed by atoms with Gasteiger partial charge in [-0.15, -0.1) is 0 Å². The van der Waals surface area contributed by atoms with E-state index in [0.29, 0.717) is 18.1 Å². The van der Waals surface area contributed by atoms with Crippen LogP contribution in [0, 0.1) is 0 Å². The maximum absolute atomic E-state index is 10.8. The summed E-state index contributed by atoms with van der Waals surface area (Å²) in [5, 5.41) is 12.1. The Morgan fingerprint density at radius 3 is 3.06 bits per heavy atom. The van der Waals surface area contributed by atoms with Crippen LogP contribution in [0.5, 0.6) is 0 Å². The maximum Gasteiger partial charge on any atom is 0.337 e. The van der Waals surface area contributed by atoms with E-state index in [1.165, 1.54) is 12.3 Å². The first kappa shape index (κ1) is 12.6. The van der Waals surface area contributed by atoms with Gasteiger partial charge >= 0.3 is 5.97 Å². The molecule has 1 aliphatic rings. The molecule has 2 heterocycles. The third-order valence-corrected chi connectivity index (χ3v) is 2.99. The lowest BCUT2D eigenvalue weighted by atomic mass is 10.0. The highest BCUT2D eigenvalue weighted by molar-refractivity contribution is 5.89. The van der Waals surface area contributed by atoms with E-state index in [9.17, 15) is 4.79 Å². The molecule has 0 aromatic carbocycles. The molecule has 0 spiro atoms. The molecule has 6 heteroatoms. The molecule has 0 bridgehead atoms. The Balaban J connectivity index is 2.07. The van der Waals surface area contributed by atoms with E-state index >= 15 is 0 Å². The van der Waals surface area contributed by atoms with Crippen molar-refractivity contribution in [3.05, 3.63) is 17.8 Å². The van der Waals surface area contributed by atoms with Gasteiger partial charge in [-0.05, 0) is 25.8 Å². The number of ether oxygens (including phenoxy) is 1. The number of anilines is 2. The smallest absolute Gasteiger partial charge is 0.337 e. The summed E-state index contributed by atoms with van der Waals surface area (Å²) in [4.78, 5) is 14.8. The van der Waals surface area contributed by atoms with Crippen molar-refractivity contribution in [1.29, 1.82) is 0 Å². The molecule has 2 atom stereocenters. The zero-order valence-corrected chi connectivity index (χ0v) is 10.2. The molecule has 0 saturated carbocycles. The lowest BCUT2D eigenvalue weighted by molar-refractivity contribution is 0.0232. The summed E-state index contributed by atoms with van der Waals surface area (Å²) in [5.74, 6) is -0.487. The average molecular weight is 251 g/mol. The highest BCUT2D eigenvalue weighted by Crippen LogP contribution is 2.22. The topological polar surface area (TPSA) is 97.5 Å². The number of aromatic carboxylic acids is 1. The van der Waals surface area contributed by atoms with Crippen molar-refractivity contribution >= 4 is 17.5 Å². The van der Waals surface area contributed by atoms with Crippen LogP contribution in [0.3, 0.4) is 0 Å². The number of rotatable bonds is 3. The van der Waals surface area contributed by atoms with Gasteiger partial charge in [0.1, 0.15) is 5.82 Å². The molecule has 0 aliphatic carbocycles. The predicted molar refractivity (Wildman–Crippen MR) is 67.7 cm³/mol. The van der Waals surface area contributed by atoms with Crippen LogP contribution in [0.15, 0.2) is 12.3 Å². The first-order valence-corrected chi connectivity index (χ1v) is 5.93. The minimum Gasteiger partial charge on any atom is -0.478 e. The van der Waals surface area contributed by atoms with Crippen molar-refractivity contribution < 1.29 is 14.6 Å². The first-order chi connectivity index (χ1) is 8.56. The number of hydrogen-bond acceptors (Lipinski definition) is 5. The van der Waals surface area contributed by atoms with Crippen LogP contribution in [0.1, 0.15) is 30.1 Å². The predicted octanol–water partition coefficient (Wildman–Crippen LogP) is 1.34. The third kappa shape index (κ3) is 2.89. The van der Waals surface area contributed by atoms with Gasteiger partial charge in [-0.25, -0.2) is 9.78 Å². The number of nitrogens with zero attached hydrogens (tertiary/aromatic N) is 1. The maximum atomic E-state index is 10.8. The Kier molecular flexibility index (Phi) is 3.66. The SMILES string of the molecule is CC1CC(Nc2ncc(C(=O)O)cc2N)CCO1. The van der Waals surface area contributed by atoms with Crippen LogP contribution in [-0.4, -0.2) is 34.8 Å². The zero-order valence-electron chi connectivity index (χ0n) is 10.2. The summed E-state index contributed by atoms with van der Waals surface area (Å²) in [7, 11) is 0. The van der Waals surface area contributed by atoms with Gasteiger partial charge in [-0.1, -0.05) is 0 Å². The van der Waals surface area contributed by atoms with Crippen molar-refractivity contribution in [3.8, 4) is 0 Å². The number of nitrogens with one attached hydrogen (secondary N) is 1. The van der Waals surface area contributed by atoms with Gasteiger partial charge < -0.3 is 20.9 Å². The molecule has 1 saturated heterocycles. The van der Waals surface area contributed by atoms with Gasteiger partial charge in [0.2, 0.25) is 0 Å². The molecule has 0 amide bonds. The molecule has 18 heavy (non-hydrogen) atoms. The third-order valence-electron chi connectivity index (χ3n) is 2.99. The molecule has 1 aliphatic heterocycles. The van der Waals surface area contributed by atoms with Gasteiger partial charge in [-0.2, -0.15) is 0 Å². The van der Waals surface area contributed by atoms with Crippen molar-refractivity contribution in [2.75, 3.05) is 17.7 Å². The van der Waals surface area contributed by atoms with E-state index in [1.54, 1.807) is 0 Å². The highest BCUT2D eigenvalue weighted by Gasteiger charge is 2.20. The Morgan fingerprint density at radius 1 is 1.67 bits per heavy atom. The second-order valence-corrected chi connectivity index (χ2v) is 4.51. The van der Waals surface area contributed by atoms with E-state index in [-0.39, 0.29) is 17.7 Å². The van der Waals surface area contributed by atoms with Crippen molar-refractivity contribution in [2.24, 2.45) is 0 Å². The van der Waals surface area contributed by atoms with Crippen LogP contribution in [0.4, 0.5) is 11.5 Å². The lowest BCUT2D eigenvalue weighted by Crippen LogP contribution is -2.33. The van der Waals surface area contributed by atoms with Gasteiger partial charge in [0.15, 0.2) is 0 Å². The molecule has 4 N–H and O–H groups in total. The monoisotopic (exact) mass is 251 g/mol. The Hall–Kier alpha value is -1.82. The Morgan fingerprint density at radius 2 is 2.44 bits per heavy atom. The summed E-state index contributed by atoms with van der Waals surface area (Å²) in [6, 6.07) is 1.68. The molecule has 2 unspecified atom stereocenters. The minimum absolute atomic E-state index is 0.0957. The fourth-order valence-corrected chi connectivity index (χ4v) is 2.04. The summed E-state index contributed by atoms with van der Waals surface area (Å²) < 4.78 is 5.46. The van der Waals surface area contributed by atoms with E-state index < -0.39 is 5.97 Å². The van der Waals surface area contributed by atoms with Crippen LogP contribution in [-0.2, 0) is 4.74 Å². The van der Waals surface area contributed by atoms with Gasteiger partial charge in [-0.3, -0.25) is 0 Å². The molecule has 1 fully saturated rings. The van der Waals surface area contributed by atoms with Gasteiger partial charge in [0.25, 0.3) is 0 Å². The van der Waals surface area contributed by atoms with Crippen molar-refractivity contribution in [1.82, 2.24) is 4.98 Å². The van der Waals surface area contributed by atoms with Crippen molar-refractivity contribution in [2.45, 2.75) is 31.9 Å². The summed E-state index contributed by atoms with van der Waals surface area (Å²) in [5.41, 5.74) is 6.24. The molecule has 98 valence electrons. The lowest BCUT2D eigenvalue weighted by Gasteiger charge is -2.28. The van der Waals surface area contributed by atoms with E-state index in [2.05, 4.69) is 10.3 Å². The molecule has 1 aromatic heterocycles. The highest BCUT2D eigenvalue weighted by atomic mass is 16.5. The quantitative estimate of drug-likeness (QED) is 0.750. The Labute approximate surface area is 105 Å². The van der Waals surface area contributed by atoms with E-state index in [1.807, 2.05) is 6.92 Å². The number of carbonyl (C=O) groups is 1. The second kappa shape index (κ2) is 5.22. The number of aromatic nitrogens is 1. The molecular weight excluding hydrogens is 234 g/mol. The summed E-state index contributed by atoms with van der Waals surface area (Å²) in [6.45, 7) is 2.74. The molecule has 6 nitrogen and oxygen atoms in total. The fourth-order valence-electron chi connectivity index (χ4n) is 2.04. The standard InChI is InChI=1S/C12H17N3O3/c1-7-4-9(2-3-18-7)15-11-10(13)5-8(6-14-11)12(16)17/h5-7,9H,2-4,13H2,1H3,(H,14,15)(H,16,17). The van der Waals surface area contributed by atoms with Crippen molar-refractivity contribution in [3.63, 3.8) is 0 Å². The largest absolute Gasteiger partial charge is 0.478 e. The zero-order chi connectivity index (χ0) is 13.1. The van der Waals surface area contributed by atoms with Crippen LogP contribution in [0.25, 0.3) is 0 Å². The van der Waals surface area contributed by atoms with E-state index in [4.69, 9.17) is 15.6 Å². The molecule has 2 rings (SSSR count). The minimum atomic E-state index is -1.03. The summed E-state index contributed by atoms with van der Waals surface area (Å²) >= 11 is 0. The normalized spacial score (nSPS) is 23.6. The fraction of sp³-hybridized carbons (Fsp3) is 0.500. The van der Waals surface area contributed by atoms with Gasteiger partial charge in [0.05, 0.1) is 17.4 Å².